The quantitative estimate of drug-likeness (QED) is 0.927. The maximum absolute atomic E-state index is 13.2. The summed E-state index contributed by atoms with van der Waals surface area (Å²) in [5.74, 6) is -0.157. The van der Waals surface area contributed by atoms with Gasteiger partial charge in [0, 0.05) is 11.6 Å². The van der Waals surface area contributed by atoms with E-state index < -0.39 is 11.8 Å². The van der Waals surface area contributed by atoms with Gasteiger partial charge in [0.05, 0.1) is 6.61 Å². The van der Waals surface area contributed by atoms with Gasteiger partial charge in [-0.3, -0.25) is 14.5 Å². The van der Waals surface area contributed by atoms with E-state index in [9.17, 15) is 9.59 Å². The summed E-state index contributed by atoms with van der Waals surface area (Å²) in [6, 6.07) is 9.00. The number of hydrogen-bond acceptors (Lipinski definition) is 3. The molecule has 2 saturated carbocycles. The highest BCUT2D eigenvalue weighted by atomic mass is 16.5. The fourth-order valence-corrected chi connectivity index (χ4v) is 3.92. The van der Waals surface area contributed by atoms with Gasteiger partial charge in [0.2, 0.25) is 5.91 Å². The van der Waals surface area contributed by atoms with E-state index in [-0.39, 0.29) is 17.9 Å². The minimum absolute atomic E-state index is 0.0655. The van der Waals surface area contributed by atoms with Crippen molar-refractivity contribution < 1.29 is 14.3 Å². The summed E-state index contributed by atoms with van der Waals surface area (Å²) in [6.45, 7) is 0.303. The van der Waals surface area contributed by atoms with Crippen LogP contribution in [0.4, 0.5) is 0 Å². The van der Waals surface area contributed by atoms with Crippen molar-refractivity contribution in [2.24, 2.45) is 0 Å². The summed E-state index contributed by atoms with van der Waals surface area (Å²) >= 11 is 0. The number of nitrogens with zero attached hydrogens (tertiary/aromatic N) is 1. The zero-order valence-electron chi connectivity index (χ0n) is 13.9. The summed E-state index contributed by atoms with van der Waals surface area (Å²) in [5.41, 5.74) is 0.0219. The summed E-state index contributed by atoms with van der Waals surface area (Å²) in [5, 5.41) is 3.04. The molecule has 0 radical (unpaired) electrons. The second kappa shape index (κ2) is 6.20. The molecule has 2 amide bonds. The van der Waals surface area contributed by atoms with E-state index in [1.807, 2.05) is 30.3 Å². The van der Waals surface area contributed by atoms with Crippen LogP contribution >= 0.6 is 0 Å². The van der Waals surface area contributed by atoms with Crippen LogP contribution in [0.3, 0.4) is 0 Å². The smallest absolute Gasteiger partial charge is 0.256 e. The summed E-state index contributed by atoms with van der Waals surface area (Å²) in [7, 11) is 0. The molecule has 24 heavy (non-hydrogen) atoms. The van der Waals surface area contributed by atoms with Crippen LogP contribution < -0.4 is 5.32 Å². The largest absolute Gasteiger partial charge is 0.353 e. The molecule has 1 saturated heterocycles. The lowest BCUT2D eigenvalue weighted by atomic mass is 9.89. The Morgan fingerprint density at radius 3 is 2.46 bits per heavy atom. The third-order valence-electron chi connectivity index (χ3n) is 5.36. The van der Waals surface area contributed by atoms with Crippen LogP contribution in [0, 0.1) is 0 Å². The SMILES string of the molecule is O=C(NC1CC1)[C@@H]1COC2(CCCCC2)N1C(=O)c1ccccc1. The topological polar surface area (TPSA) is 58.6 Å². The number of nitrogens with one attached hydrogen (secondary N) is 1. The van der Waals surface area contributed by atoms with Crippen LogP contribution in [-0.4, -0.2) is 41.1 Å². The van der Waals surface area contributed by atoms with Gasteiger partial charge in [0.15, 0.2) is 0 Å². The number of hydrogen-bond donors (Lipinski definition) is 1. The molecule has 3 fully saturated rings. The molecular formula is C19H24N2O3. The minimum atomic E-state index is -0.600. The Bertz CT molecular complexity index is 621. The number of carbonyl (C=O) groups excluding carboxylic acids is 2. The van der Waals surface area contributed by atoms with Gasteiger partial charge < -0.3 is 10.1 Å². The van der Waals surface area contributed by atoms with Crippen LogP contribution in [0.25, 0.3) is 0 Å². The molecule has 1 N–H and O–H groups in total. The van der Waals surface area contributed by atoms with Crippen LogP contribution in [0.15, 0.2) is 30.3 Å². The van der Waals surface area contributed by atoms with Crippen molar-refractivity contribution >= 4 is 11.8 Å². The highest BCUT2D eigenvalue weighted by Crippen LogP contribution is 2.41. The third-order valence-corrected chi connectivity index (χ3v) is 5.36. The maximum atomic E-state index is 13.2. The average molecular weight is 328 g/mol. The van der Waals surface area contributed by atoms with Gasteiger partial charge in [-0.15, -0.1) is 0 Å². The molecule has 5 heteroatoms. The molecule has 5 nitrogen and oxygen atoms in total. The van der Waals surface area contributed by atoms with Crippen molar-refractivity contribution in [3.8, 4) is 0 Å². The fraction of sp³-hybridized carbons (Fsp3) is 0.579. The number of ether oxygens (including phenoxy) is 1. The number of rotatable bonds is 3. The van der Waals surface area contributed by atoms with Crippen molar-refractivity contribution in [1.82, 2.24) is 10.2 Å². The van der Waals surface area contributed by atoms with Crippen molar-refractivity contribution in [3.63, 3.8) is 0 Å². The maximum Gasteiger partial charge on any atom is 0.256 e. The Hall–Kier alpha value is -1.88. The van der Waals surface area contributed by atoms with E-state index in [2.05, 4.69) is 5.32 Å². The van der Waals surface area contributed by atoms with Crippen LogP contribution in [0.2, 0.25) is 0 Å². The highest BCUT2D eigenvalue weighted by molar-refractivity contribution is 5.98. The predicted octanol–water partition coefficient (Wildman–Crippen LogP) is 2.47. The Balaban J connectivity index is 1.64. The van der Waals surface area contributed by atoms with Crippen molar-refractivity contribution in [3.05, 3.63) is 35.9 Å². The Morgan fingerprint density at radius 2 is 1.79 bits per heavy atom. The van der Waals surface area contributed by atoms with Gasteiger partial charge >= 0.3 is 0 Å². The first-order valence-corrected chi connectivity index (χ1v) is 9.03. The normalized spacial score (nSPS) is 25.7. The van der Waals surface area contributed by atoms with E-state index >= 15 is 0 Å². The third kappa shape index (κ3) is 2.81. The zero-order valence-corrected chi connectivity index (χ0v) is 13.9. The van der Waals surface area contributed by atoms with Gasteiger partial charge in [-0.25, -0.2) is 0 Å². The van der Waals surface area contributed by atoms with E-state index in [0.717, 1.165) is 44.9 Å². The molecule has 4 rings (SSSR count). The molecule has 2 aliphatic carbocycles. The lowest BCUT2D eigenvalue weighted by Crippen LogP contribution is -2.56. The second-order valence-corrected chi connectivity index (χ2v) is 7.16. The second-order valence-electron chi connectivity index (χ2n) is 7.16. The lowest BCUT2D eigenvalue weighted by Gasteiger charge is -2.41. The first-order valence-electron chi connectivity index (χ1n) is 9.03. The Morgan fingerprint density at radius 1 is 1.08 bits per heavy atom. The molecule has 1 heterocycles. The number of amides is 2. The molecule has 1 aromatic carbocycles. The Kier molecular flexibility index (Phi) is 4.04. The van der Waals surface area contributed by atoms with Crippen LogP contribution in [0.1, 0.15) is 55.3 Å². The number of carbonyl (C=O) groups is 2. The first-order chi connectivity index (χ1) is 11.7. The number of benzene rings is 1. The average Bonchev–Trinajstić information content (AvgIpc) is 3.36. The van der Waals surface area contributed by atoms with Crippen molar-refractivity contribution in [1.29, 1.82) is 0 Å². The molecular weight excluding hydrogens is 304 g/mol. The van der Waals surface area contributed by atoms with E-state index in [1.165, 1.54) is 0 Å². The molecule has 1 spiro atoms. The molecule has 1 atom stereocenters. The van der Waals surface area contributed by atoms with Gasteiger partial charge in [-0.1, -0.05) is 24.6 Å². The van der Waals surface area contributed by atoms with Crippen LogP contribution in [0.5, 0.6) is 0 Å². The Labute approximate surface area is 142 Å². The summed E-state index contributed by atoms with van der Waals surface area (Å²) in [4.78, 5) is 27.6. The molecule has 128 valence electrons. The lowest BCUT2D eigenvalue weighted by molar-refractivity contribution is -0.127. The van der Waals surface area contributed by atoms with Crippen molar-refractivity contribution in [2.45, 2.75) is 62.8 Å². The van der Waals surface area contributed by atoms with E-state index in [1.54, 1.807) is 4.90 Å². The predicted molar refractivity (Wildman–Crippen MR) is 89.3 cm³/mol. The molecule has 1 aliphatic heterocycles. The zero-order chi connectivity index (χ0) is 16.6. The molecule has 0 aromatic heterocycles. The van der Waals surface area contributed by atoms with Crippen molar-refractivity contribution in [2.75, 3.05) is 6.61 Å². The fourth-order valence-electron chi connectivity index (χ4n) is 3.92. The van der Waals surface area contributed by atoms with E-state index in [4.69, 9.17) is 4.74 Å². The van der Waals surface area contributed by atoms with Crippen LogP contribution in [-0.2, 0) is 9.53 Å². The van der Waals surface area contributed by atoms with Gasteiger partial charge in [-0.05, 0) is 50.7 Å². The minimum Gasteiger partial charge on any atom is -0.353 e. The molecule has 3 aliphatic rings. The monoisotopic (exact) mass is 328 g/mol. The standard InChI is InChI=1S/C19H24N2O3/c22-17(20-15-9-10-15)16-13-24-19(11-5-2-6-12-19)21(16)18(23)14-7-3-1-4-8-14/h1,3-4,7-8,15-16H,2,5-6,9-13H2,(H,20,22)/t16-/m0/s1. The van der Waals surface area contributed by atoms with E-state index in [0.29, 0.717) is 12.2 Å². The first kappa shape index (κ1) is 15.6. The molecule has 0 bridgehead atoms. The van der Waals surface area contributed by atoms with Gasteiger partial charge in [0.25, 0.3) is 5.91 Å². The van der Waals surface area contributed by atoms with Gasteiger partial charge in [-0.2, -0.15) is 0 Å². The highest BCUT2D eigenvalue weighted by Gasteiger charge is 2.53. The summed E-state index contributed by atoms with van der Waals surface area (Å²) in [6.07, 6.45) is 6.95. The summed E-state index contributed by atoms with van der Waals surface area (Å²) < 4.78 is 6.12. The molecule has 0 unspecified atom stereocenters. The molecule has 1 aromatic rings. The van der Waals surface area contributed by atoms with Gasteiger partial charge in [0.1, 0.15) is 11.8 Å².